The first-order valence-corrected chi connectivity index (χ1v) is 9.42. The van der Waals surface area contributed by atoms with Crippen LogP contribution >= 0.6 is 12.4 Å². The summed E-state index contributed by atoms with van der Waals surface area (Å²) in [7, 11) is 3.45. The molecule has 2 aliphatic carbocycles. The molecule has 1 saturated carbocycles. The maximum absolute atomic E-state index is 11.9. The Hall–Kier alpha value is -1.26. The van der Waals surface area contributed by atoms with Gasteiger partial charge in [0.05, 0.1) is 0 Å². The molecule has 1 heterocycles. The second-order valence-electron chi connectivity index (χ2n) is 7.76. The fourth-order valence-electron chi connectivity index (χ4n) is 5.07. The Balaban J connectivity index is 0.00000182. The lowest BCUT2D eigenvalue weighted by Crippen LogP contribution is -2.41. The summed E-state index contributed by atoms with van der Waals surface area (Å²) in [6.45, 7) is 1.24. The number of ether oxygens (including phenoxy) is 1. The van der Waals surface area contributed by atoms with E-state index in [1.54, 1.807) is 14.1 Å². The molecule has 2 fully saturated rings. The molecule has 1 aromatic rings. The van der Waals surface area contributed by atoms with Crippen LogP contribution in [0.1, 0.15) is 55.6 Å². The van der Waals surface area contributed by atoms with Crippen molar-refractivity contribution < 1.29 is 9.53 Å². The molecule has 25 heavy (non-hydrogen) atoms. The largest absolute Gasteiger partial charge is 0.414 e. The molecule has 0 N–H and O–H groups in total. The van der Waals surface area contributed by atoms with Gasteiger partial charge in [0.25, 0.3) is 0 Å². The lowest BCUT2D eigenvalue weighted by atomic mass is 9.79. The van der Waals surface area contributed by atoms with Crippen LogP contribution in [0.25, 0.3) is 0 Å². The minimum Gasteiger partial charge on any atom is -0.410 e. The number of carbonyl (C=O) groups is 1. The maximum Gasteiger partial charge on any atom is 0.414 e. The number of hydrogen-bond acceptors (Lipinski definition) is 3. The van der Waals surface area contributed by atoms with Crippen molar-refractivity contribution in [1.29, 1.82) is 0 Å². The van der Waals surface area contributed by atoms with Crippen LogP contribution in [0.2, 0.25) is 0 Å². The summed E-state index contributed by atoms with van der Waals surface area (Å²) in [4.78, 5) is 16.2. The van der Waals surface area contributed by atoms with E-state index in [0.29, 0.717) is 12.0 Å². The molecule has 138 valence electrons. The summed E-state index contributed by atoms with van der Waals surface area (Å²) in [5, 5.41) is 0. The monoisotopic (exact) mass is 364 g/mol. The molecule has 2 atom stereocenters. The summed E-state index contributed by atoms with van der Waals surface area (Å²) < 4.78 is 5.62. The van der Waals surface area contributed by atoms with Crippen LogP contribution in [0, 0.1) is 0 Å². The normalized spacial score (nSPS) is 25.8. The number of carbonyl (C=O) groups excluding carboxylic acids is 1. The number of benzene rings is 1. The van der Waals surface area contributed by atoms with Crippen molar-refractivity contribution in [2.24, 2.45) is 0 Å². The summed E-state index contributed by atoms with van der Waals surface area (Å²) in [5.74, 6) is 1.39. The van der Waals surface area contributed by atoms with E-state index in [1.165, 1.54) is 61.1 Å². The third kappa shape index (κ3) is 3.39. The van der Waals surface area contributed by atoms with Gasteiger partial charge in [0.1, 0.15) is 5.75 Å². The summed E-state index contributed by atoms with van der Waals surface area (Å²) in [5.41, 5.74) is 2.69. The maximum atomic E-state index is 11.9. The van der Waals surface area contributed by atoms with Gasteiger partial charge in [0.2, 0.25) is 0 Å². The average Bonchev–Trinajstić information content (AvgIpc) is 3.23. The zero-order chi connectivity index (χ0) is 16.7. The van der Waals surface area contributed by atoms with Crippen LogP contribution < -0.4 is 4.74 Å². The zero-order valence-corrected chi connectivity index (χ0v) is 16.1. The van der Waals surface area contributed by atoms with Crippen LogP contribution in [0.3, 0.4) is 0 Å². The summed E-state index contributed by atoms with van der Waals surface area (Å²) >= 11 is 0. The number of likely N-dealkylation sites (tertiary alicyclic amines) is 1. The van der Waals surface area contributed by atoms with E-state index < -0.39 is 0 Å². The highest BCUT2D eigenvalue weighted by Gasteiger charge is 2.42. The molecule has 0 bridgehead atoms. The van der Waals surface area contributed by atoms with Gasteiger partial charge in [-0.15, -0.1) is 12.4 Å². The van der Waals surface area contributed by atoms with Crippen molar-refractivity contribution in [3.8, 4) is 5.75 Å². The first kappa shape index (κ1) is 18.5. The van der Waals surface area contributed by atoms with Gasteiger partial charge in [0, 0.05) is 32.1 Å². The van der Waals surface area contributed by atoms with E-state index >= 15 is 0 Å². The Kier molecular flexibility index (Phi) is 5.59. The number of amides is 1. The summed E-state index contributed by atoms with van der Waals surface area (Å²) in [6.07, 6.45) is 8.76. The molecule has 0 radical (unpaired) electrons. The molecule has 1 amide bonds. The van der Waals surface area contributed by atoms with Crippen molar-refractivity contribution in [3.05, 3.63) is 29.3 Å². The predicted octanol–water partition coefficient (Wildman–Crippen LogP) is 4.22. The minimum atomic E-state index is -0.287. The number of hydrogen-bond donors (Lipinski definition) is 0. The highest BCUT2D eigenvalue weighted by Crippen LogP contribution is 2.46. The van der Waals surface area contributed by atoms with Crippen LogP contribution in [-0.4, -0.2) is 48.6 Å². The van der Waals surface area contributed by atoms with Crippen molar-refractivity contribution in [3.63, 3.8) is 0 Å². The molecule has 1 aliphatic heterocycles. The Morgan fingerprint density at radius 3 is 2.64 bits per heavy atom. The van der Waals surface area contributed by atoms with Crippen molar-refractivity contribution in [2.75, 3.05) is 20.6 Å². The number of rotatable bonds is 2. The molecule has 3 aliphatic rings. The summed E-state index contributed by atoms with van der Waals surface area (Å²) in [6, 6.07) is 7.77. The highest BCUT2D eigenvalue weighted by atomic mass is 35.5. The topological polar surface area (TPSA) is 32.8 Å². The predicted molar refractivity (Wildman–Crippen MR) is 102 cm³/mol. The standard InChI is InChI=1S/C20H28N2O2.ClH/c1-21(2)20(23)24-19-9-5-8-15-16-12-13-22(14-6-3-4-7-14)18(16)11-10-17(15)19;/h5,8-9,14,16,18H,3-4,6-7,10-13H2,1-2H3;1H/t16-,18+;/m1./s1. The minimum absolute atomic E-state index is 0. The van der Waals surface area contributed by atoms with Gasteiger partial charge in [-0.3, -0.25) is 4.90 Å². The van der Waals surface area contributed by atoms with E-state index in [1.807, 2.05) is 6.07 Å². The van der Waals surface area contributed by atoms with Crippen molar-refractivity contribution in [2.45, 2.75) is 62.9 Å². The number of halogens is 1. The van der Waals surface area contributed by atoms with Crippen LogP contribution in [-0.2, 0) is 6.42 Å². The molecule has 1 saturated heterocycles. The van der Waals surface area contributed by atoms with Crippen LogP contribution in [0.5, 0.6) is 5.75 Å². The third-order valence-electron chi connectivity index (χ3n) is 6.20. The van der Waals surface area contributed by atoms with Crippen LogP contribution in [0.4, 0.5) is 4.79 Å². The molecule has 4 nitrogen and oxygen atoms in total. The molecular weight excluding hydrogens is 336 g/mol. The number of fused-ring (bicyclic) bond motifs is 3. The molecule has 4 rings (SSSR count). The Bertz CT molecular complexity index is 628. The van der Waals surface area contributed by atoms with Crippen LogP contribution in [0.15, 0.2) is 18.2 Å². The van der Waals surface area contributed by atoms with Crippen molar-refractivity contribution >= 4 is 18.5 Å². The zero-order valence-electron chi connectivity index (χ0n) is 15.2. The molecule has 0 spiro atoms. The van der Waals surface area contributed by atoms with Gasteiger partial charge in [-0.2, -0.15) is 0 Å². The third-order valence-corrected chi connectivity index (χ3v) is 6.20. The molecule has 5 heteroatoms. The fraction of sp³-hybridized carbons (Fsp3) is 0.650. The lowest BCUT2D eigenvalue weighted by molar-refractivity contribution is 0.161. The van der Waals surface area contributed by atoms with E-state index in [0.717, 1.165) is 18.2 Å². The van der Waals surface area contributed by atoms with Crippen molar-refractivity contribution in [1.82, 2.24) is 9.80 Å². The Labute approximate surface area is 156 Å². The van der Waals surface area contributed by atoms with Gasteiger partial charge in [-0.05, 0) is 55.8 Å². The number of nitrogens with zero attached hydrogens (tertiary/aromatic N) is 2. The van der Waals surface area contributed by atoms with Gasteiger partial charge >= 0.3 is 6.09 Å². The first-order valence-electron chi connectivity index (χ1n) is 9.42. The highest BCUT2D eigenvalue weighted by molar-refractivity contribution is 5.85. The molecule has 0 unspecified atom stereocenters. The Morgan fingerprint density at radius 2 is 1.92 bits per heavy atom. The SMILES string of the molecule is CN(C)C(=O)Oc1cccc2c1CC[C@H]1[C@@H]2CCN1C1CCCC1.Cl. The second kappa shape index (κ2) is 7.55. The molecular formula is C20H29ClN2O2. The Morgan fingerprint density at radius 1 is 1.16 bits per heavy atom. The van der Waals surface area contributed by atoms with E-state index in [2.05, 4.69) is 17.0 Å². The van der Waals surface area contributed by atoms with E-state index in [9.17, 15) is 4.79 Å². The quantitative estimate of drug-likeness (QED) is 0.787. The van der Waals surface area contributed by atoms with Gasteiger partial charge in [-0.25, -0.2) is 4.79 Å². The average molecular weight is 365 g/mol. The molecule has 0 aromatic heterocycles. The van der Waals surface area contributed by atoms with Gasteiger partial charge < -0.3 is 9.64 Å². The van der Waals surface area contributed by atoms with Gasteiger partial charge in [-0.1, -0.05) is 25.0 Å². The second-order valence-corrected chi connectivity index (χ2v) is 7.76. The smallest absolute Gasteiger partial charge is 0.410 e. The lowest BCUT2D eigenvalue weighted by Gasteiger charge is -2.37. The fourth-order valence-corrected chi connectivity index (χ4v) is 5.07. The molecule has 1 aromatic carbocycles. The van der Waals surface area contributed by atoms with Gasteiger partial charge in [0.15, 0.2) is 0 Å². The van der Waals surface area contributed by atoms with E-state index in [-0.39, 0.29) is 18.5 Å². The first-order chi connectivity index (χ1) is 11.6. The van der Waals surface area contributed by atoms with E-state index in [4.69, 9.17) is 4.74 Å².